The minimum atomic E-state index is 0.0503. The van der Waals surface area contributed by atoms with Crippen molar-refractivity contribution in [2.24, 2.45) is 0 Å². The van der Waals surface area contributed by atoms with Crippen molar-refractivity contribution in [3.63, 3.8) is 0 Å². The van der Waals surface area contributed by atoms with Gasteiger partial charge in [0.15, 0.2) is 0 Å². The largest absolute Gasteiger partial charge is 0.511 e. The van der Waals surface area contributed by atoms with Crippen LogP contribution in [0.2, 0.25) is 0 Å². The van der Waals surface area contributed by atoms with E-state index >= 15 is 0 Å². The summed E-state index contributed by atoms with van der Waals surface area (Å²) in [4.78, 5) is 2.34. The van der Waals surface area contributed by atoms with Crippen LogP contribution < -0.4 is 0 Å². The van der Waals surface area contributed by atoms with Gasteiger partial charge in [-0.1, -0.05) is 85.8 Å². The van der Waals surface area contributed by atoms with Gasteiger partial charge in [-0.2, -0.15) is 5.26 Å². The van der Waals surface area contributed by atoms with E-state index in [0.717, 1.165) is 54.6 Å². The highest BCUT2D eigenvalue weighted by molar-refractivity contribution is 5.80. The second kappa shape index (κ2) is 10.5. The van der Waals surface area contributed by atoms with E-state index in [1.165, 1.54) is 16.7 Å². The van der Waals surface area contributed by atoms with Crippen molar-refractivity contribution in [3.05, 3.63) is 106 Å². The van der Waals surface area contributed by atoms with Crippen molar-refractivity contribution in [2.45, 2.75) is 45.7 Å². The molecule has 3 heteroatoms. The first kappa shape index (κ1) is 23.5. The fraction of sp³-hybridized carbons (Fsp3) is 0.258. The molecule has 172 valence electrons. The van der Waals surface area contributed by atoms with Crippen LogP contribution in [0.5, 0.6) is 0 Å². The molecule has 4 rings (SSSR count). The number of nitrogens with zero attached hydrogens (tertiary/aromatic N) is 2. The molecular formula is C31H32N2O. The van der Waals surface area contributed by atoms with E-state index in [1.807, 2.05) is 54.6 Å². The van der Waals surface area contributed by atoms with Crippen LogP contribution in [-0.2, 0) is 6.54 Å². The molecule has 0 aliphatic carbocycles. The molecule has 3 aromatic carbocycles. The molecular weight excluding hydrogens is 416 g/mol. The Balaban J connectivity index is 1.60. The molecule has 3 aromatic rings. The average molecular weight is 449 g/mol. The maximum Gasteiger partial charge on any atom is 0.102 e. The maximum absolute atomic E-state index is 10.0. The van der Waals surface area contributed by atoms with E-state index in [-0.39, 0.29) is 11.8 Å². The number of aliphatic hydroxyl groups excluding tert-OH is 1. The number of aryl methyl sites for hydroxylation is 2. The first-order valence-corrected chi connectivity index (χ1v) is 12.0. The molecule has 1 heterocycles. The van der Waals surface area contributed by atoms with Gasteiger partial charge in [-0.05, 0) is 66.6 Å². The molecule has 3 nitrogen and oxygen atoms in total. The Morgan fingerprint density at radius 2 is 1.79 bits per heavy atom. The lowest BCUT2D eigenvalue weighted by Crippen LogP contribution is -2.40. The van der Waals surface area contributed by atoms with Crippen LogP contribution in [-0.4, -0.2) is 22.6 Å². The van der Waals surface area contributed by atoms with E-state index in [0.29, 0.717) is 5.56 Å². The minimum absolute atomic E-state index is 0.0503. The Morgan fingerprint density at radius 3 is 2.53 bits per heavy atom. The molecule has 1 N–H and O–H groups in total. The van der Waals surface area contributed by atoms with E-state index in [2.05, 4.69) is 49.6 Å². The van der Waals surface area contributed by atoms with Gasteiger partial charge in [0.2, 0.25) is 0 Å². The van der Waals surface area contributed by atoms with Gasteiger partial charge in [-0.25, -0.2) is 0 Å². The van der Waals surface area contributed by atoms with Crippen LogP contribution in [0, 0.1) is 25.2 Å². The summed E-state index contributed by atoms with van der Waals surface area (Å²) < 4.78 is 0. The second-order valence-corrected chi connectivity index (χ2v) is 9.19. The summed E-state index contributed by atoms with van der Waals surface area (Å²) in [5.74, 6) is 0.277. The van der Waals surface area contributed by atoms with Gasteiger partial charge in [0.25, 0.3) is 0 Å². The number of aliphatic hydroxyl groups is 1. The van der Waals surface area contributed by atoms with E-state index in [4.69, 9.17) is 0 Å². The van der Waals surface area contributed by atoms with Gasteiger partial charge in [-0.3, -0.25) is 4.90 Å². The van der Waals surface area contributed by atoms with E-state index < -0.39 is 0 Å². The number of nitriles is 1. The monoisotopic (exact) mass is 448 g/mol. The van der Waals surface area contributed by atoms with Crippen molar-refractivity contribution in [2.75, 3.05) is 6.54 Å². The van der Waals surface area contributed by atoms with Gasteiger partial charge < -0.3 is 5.11 Å². The van der Waals surface area contributed by atoms with Crippen LogP contribution in [0.4, 0.5) is 0 Å². The smallest absolute Gasteiger partial charge is 0.102 e. The maximum atomic E-state index is 10.0. The van der Waals surface area contributed by atoms with Crippen molar-refractivity contribution in [3.8, 4) is 17.2 Å². The fourth-order valence-corrected chi connectivity index (χ4v) is 4.90. The Hall–Kier alpha value is -3.61. The number of hydrogen-bond donors (Lipinski definition) is 1. The number of rotatable bonds is 6. The van der Waals surface area contributed by atoms with Gasteiger partial charge in [-0.15, -0.1) is 0 Å². The third-order valence-electron chi connectivity index (χ3n) is 6.83. The second-order valence-electron chi connectivity index (χ2n) is 9.19. The lowest BCUT2D eigenvalue weighted by Gasteiger charge is -2.35. The summed E-state index contributed by atoms with van der Waals surface area (Å²) in [6, 6.07) is 23.0. The highest BCUT2D eigenvalue weighted by atomic mass is 16.3. The molecule has 1 atom stereocenters. The first-order chi connectivity index (χ1) is 16.5. The zero-order valence-electron chi connectivity index (χ0n) is 20.1. The molecule has 0 unspecified atom stereocenters. The van der Waals surface area contributed by atoms with Crippen molar-refractivity contribution >= 4 is 12.2 Å². The van der Waals surface area contributed by atoms with Gasteiger partial charge in [0.05, 0.1) is 11.6 Å². The summed E-state index contributed by atoms with van der Waals surface area (Å²) >= 11 is 0. The van der Waals surface area contributed by atoms with Crippen LogP contribution in [0.3, 0.4) is 0 Å². The molecule has 0 bridgehead atoms. The molecule has 1 aliphatic rings. The lowest BCUT2D eigenvalue weighted by atomic mass is 9.94. The minimum Gasteiger partial charge on any atom is -0.511 e. The third-order valence-corrected chi connectivity index (χ3v) is 6.83. The van der Waals surface area contributed by atoms with Gasteiger partial charge in [0, 0.05) is 12.1 Å². The summed E-state index contributed by atoms with van der Waals surface area (Å²) in [6.45, 7) is 9.88. The lowest BCUT2D eigenvalue weighted by molar-refractivity contribution is 0.128. The molecule has 0 saturated carbocycles. The van der Waals surface area contributed by atoms with Crippen LogP contribution in [0.1, 0.15) is 52.6 Å². The molecule has 1 fully saturated rings. The Morgan fingerprint density at radius 1 is 1.03 bits per heavy atom. The number of hydrogen-bond acceptors (Lipinski definition) is 3. The van der Waals surface area contributed by atoms with Crippen molar-refractivity contribution in [1.82, 2.24) is 4.90 Å². The number of benzene rings is 3. The zero-order chi connectivity index (χ0) is 24.1. The molecule has 0 spiro atoms. The van der Waals surface area contributed by atoms with Crippen LogP contribution in [0.15, 0.2) is 73.0 Å². The molecule has 0 aromatic heterocycles. The number of likely N-dealkylation sites (tertiary alicyclic amines) is 1. The van der Waals surface area contributed by atoms with Gasteiger partial charge >= 0.3 is 0 Å². The third kappa shape index (κ3) is 5.14. The van der Waals surface area contributed by atoms with Crippen molar-refractivity contribution < 1.29 is 5.11 Å². The zero-order valence-corrected chi connectivity index (χ0v) is 20.1. The molecule has 0 radical (unpaired) electrons. The summed E-state index contributed by atoms with van der Waals surface area (Å²) in [5.41, 5.74) is 8.48. The predicted octanol–water partition coefficient (Wildman–Crippen LogP) is 7.44. The average Bonchev–Trinajstić information content (AvgIpc) is 2.85. The summed E-state index contributed by atoms with van der Waals surface area (Å²) in [5, 5.41) is 19.9. The topological polar surface area (TPSA) is 47.3 Å². The van der Waals surface area contributed by atoms with Crippen LogP contribution in [0.25, 0.3) is 23.3 Å². The molecule has 1 aliphatic heterocycles. The van der Waals surface area contributed by atoms with E-state index in [9.17, 15) is 10.4 Å². The Bertz CT molecular complexity index is 1250. The summed E-state index contributed by atoms with van der Waals surface area (Å²) in [6.07, 6.45) is 7.42. The molecule has 0 amide bonds. The molecule has 1 saturated heterocycles. The Labute approximate surface area is 203 Å². The predicted molar refractivity (Wildman–Crippen MR) is 141 cm³/mol. The standard InChI is InChI=1S/C31H32N2O/c1-22-19-28(21-33-17-8-7-14-31(33)24(3)34)23(2)18-27(22)16-15-26-12-9-13-29(30(26)20-32)25-10-5-4-6-11-25/h4-6,9-13,15-16,18-19,31,34H,3,7-8,14,17,21H2,1-2H3/b16-15+/t31-/m0/s1. The first-order valence-electron chi connectivity index (χ1n) is 12.0. The SMILES string of the molecule is C=C(O)[C@@H]1CCCCN1Cc1cc(C)c(/C=C/c2cccc(-c3ccccc3)c2C#N)cc1C. The molecule has 34 heavy (non-hydrogen) atoms. The Kier molecular flexibility index (Phi) is 7.30. The normalized spacial score (nSPS) is 16.4. The number of piperidine rings is 1. The highest BCUT2D eigenvalue weighted by Gasteiger charge is 2.25. The van der Waals surface area contributed by atoms with Gasteiger partial charge in [0.1, 0.15) is 11.8 Å². The van der Waals surface area contributed by atoms with Crippen LogP contribution >= 0.6 is 0 Å². The fourth-order valence-electron chi connectivity index (χ4n) is 4.90. The van der Waals surface area contributed by atoms with Crippen molar-refractivity contribution in [1.29, 1.82) is 5.26 Å². The highest BCUT2D eigenvalue weighted by Crippen LogP contribution is 2.28. The quantitative estimate of drug-likeness (QED) is 0.315. The van der Waals surface area contributed by atoms with E-state index in [1.54, 1.807) is 0 Å². The summed E-state index contributed by atoms with van der Waals surface area (Å²) in [7, 11) is 0.